The fourth-order valence-electron chi connectivity index (χ4n) is 2.47. The number of hydrogen-bond donors (Lipinski definition) is 0. The largest absolute Gasteiger partial charge is 0.488 e. The molecule has 0 saturated carbocycles. The molecule has 126 valence electrons. The highest BCUT2D eigenvalue weighted by Gasteiger charge is 2.03. The van der Waals surface area contributed by atoms with E-state index in [4.69, 9.17) is 4.74 Å². The molecule has 0 atom stereocenters. The fraction of sp³-hybridized carbons (Fsp3) is 0.136. The quantitative estimate of drug-likeness (QED) is 0.543. The van der Waals surface area contributed by atoms with Crippen molar-refractivity contribution in [3.63, 3.8) is 0 Å². The Morgan fingerprint density at radius 3 is 2.48 bits per heavy atom. The second kappa shape index (κ2) is 7.75. The van der Waals surface area contributed by atoms with E-state index in [-0.39, 0.29) is 5.82 Å². The summed E-state index contributed by atoms with van der Waals surface area (Å²) in [6.45, 7) is 4.53. The minimum atomic E-state index is -0.246. The lowest BCUT2D eigenvalue weighted by Crippen LogP contribution is -1.98. The Labute approximate surface area is 147 Å². The van der Waals surface area contributed by atoms with Gasteiger partial charge in [0.2, 0.25) is 0 Å². The van der Waals surface area contributed by atoms with E-state index in [1.54, 1.807) is 12.1 Å². The smallest absolute Gasteiger partial charge is 0.128 e. The van der Waals surface area contributed by atoms with Gasteiger partial charge < -0.3 is 4.74 Å². The maximum Gasteiger partial charge on any atom is 0.128 e. The Bertz CT molecular complexity index is 885. The van der Waals surface area contributed by atoms with Gasteiger partial charge in [-0.05, 0) is 60.9 Å². The molecule has 25 heavy (non-hydrogen) atoms. The summed E-state index contributed by atoms with van der Waals surface area (Å²) in [5.74, 6) is 0.505. The zero-order valence-corrected chi connectivity index (χ0v) is 14.4. The lowest BCUT2D eigenvalue weighted by molar-refractivity contribution is 0.305. The number of halogens is 1. The molecule has 0 bridgehead atoms. The molecule has 0 fully saturated rings. The van der Waals surface area contributed by atoms with Gasteiger partial charge in [0.15, 0.2) is 0 Å². The first-order valence-electron chi connectivity index (χ1n) is 8.20. The van der Waals surface area contributed by atoms with Gasteiger partial charge in [-0.3, -0.25) is 4.99 Å². The van der Waals surface area contributed by atoms with Gasteiger partial charge in [0.05, 0.1) is 5.69 Å². The molecule has 0 amide bonds. The number of para-hydroxylation sites is 1. The SMILES string of the molecule is Cc1cccc(N=Cc2ccccc2OCc2ccc(F)cc2)c1C. The third kappa shape index (κ3) is 4.32. The molecule has 0 aliphatic carbocycles. The zero-order valence-electron chi connectivity index (χ0n) is 14.4. The molecule has 0 spiro atoms. The Balaban J connectivity index is 1.77. The zero-order chi connectivity index (χ0) is 17.6. The molecule has 0 heterocycles. The van der Waals surface area contributed by atoms with Crippen LogP contribution in [-0.4, -0.2) is 6.21 Å². The third-order valence-corrected chi connectivity index (χ3v) is 4.15. The molecular formula is C22H20FNO. The summed E-state index contributed by atoms with van der Waals surface area (Å²) in [5, 5.41) is 0. The van der Waals surface area contributed by atoms with Crippen molar-refractivity contribution in [3.8, 4) is 5.75 Å². The van der Waals surface area contributed by atoms with Gasteiger partial charge in [0.1, 0.15) is 18.2 Å². The van der Waals surface area contributed by atoms with Crippen LogP contribution in [0.15, 0.2) is 71.7 Å². The lowest BCUT2D eigenvalue weighted by atomic mass is 10.1. The van der Waals surface area contributed by atoms with Gasteiger partial charge in [-0.15, -0.1) is 0 Å². The van der Waals surface area contributed by atoms with E-state index in [1.807, 2.05) is 42.6 Å². The summed E-state index contributed by atoms with van der Waals surface area (Å²) in [5.41, 5.74) is 5.17. The molecule has 0 saturated heterocycles. The summed E-state index contributed by atoms with van der Waals surface area (Å²) in [6.07, 6.45) is 1.82. The Morgan fingerprint density at radius 2 is 1.68 bits per heavy atom. The highest BCUT2D eigenvalue weighted by atomic mass is 19.1. The summed E-state index contributed by atoms with van der Waals surface area (Å²) in [4.78, 5) is 4.61. The first-order chi connectivity index (χ1) is 12.1. The lowest BCUT2D eigenvalue weighted by Gasteiger charge is -2.09. The van der Waals surface area contributed by atoms with Crippen LogP contribution in [0.2, 0.25) is 0 Å². The maximum absolute atomic E-state index is 13.0. The van der Waals surface area contributed by atoms with Crippen molar-refractivity contribution < 1.29 is 9.13 Å². The maximum atomic E-state index is 13.0. The van der Waals surface area contributed by atoms with E-state index in [9.17, 15) is 4.39 Å². The number of ether oxygens (including phenoxy) is 1. The van der Waals surface area contributed by atoms with E-state index in [0.717, 1.165) is 22.6 Å². The van der Waals surface area contributed by atoms with Crippen molar-refractivity contribution in [2.75, 3.05) is 0 Å². The third-order valence-electron chi connectivity index (χ3n) is 4.15. The number of aryl methyl sites for hydroxylation is 1. The van der Waals surface area contributed by atoms with Gasteiger partial charge in [0.25, 0.3) is 0 Å². The second-order valence-electron chi connectivity index (χ2n) is 5.93. The van der Waals surface area contributed by atoms with Crippen LogP contribution < -0.4 is 4.74 Å². The van der Waals surface area contributed by atoms with Gasteiger partial charge in [0, 0.05) is 11.8 Å². The predicted octanol–water partition coefficient (Wildman–Crippen LogP) is 5.77. The van der Waals surface area contributed by atoms with Crippen LogP contribution in [0, 0.1) is 19.7 Å². The predicted molar refractivity (Wildman–Crippen MR) is 100 cm³/mol. The Hall–Kier alpha value is -2.94. The first kappa shape index (κ1) is 16.9. The number of hydrogen-bond acceptors (Lipinski definition) is 2. The van der Waals surface area contributed by atoms with Crippen LogP contribution in [0.1, 0.15) is 22.3 Å². The normalized spacial score (nSPS) is 11.0. The summed E-state index contributed by atoms with van der Waals surface area (Å²) >= 11 is 0. The van der Waals surface area contributed by atoms with Gasteiger partial charge in [-0.2, -0.15) is 0 Å². The highest BCUT2D eigenvalue weighted by molar-refractivity contribution is 5.85. The molecule has 2 nitrogen and oxygen atoms in total. The van der Waals surface area contributed by atoms with Crippen molar-refractivity contribution in [1.29, 1.82) is 0 Å². The van der Waals surface area contributed by atoms with Crippen LogP contribution in [0.25, 0.3) is 0 Å². The van der Waals surface area contributed by atoms with Gasteiger partial charge in [-0.25, -0.2) is 4.39 Å². The average molecular weight is 333 g/mol. The van der Waals surface area contributed by atoms with Crippen LogP contribution in [-0.2, 0) is 6.61 Å². The summed E-state index contributed by atoms with van der Waals surface area (Å²) < 4.78 is 18.9. The number of benzene rings is 3. The van der Waals surface area contributed by atoms with Crippen molar-refractivity contribution in [3.05, 3.63) is 94.8 Å². The molecular weight excluding hydrogens is 313 g/mol. The molecule has 3 aromatic carbocycles. The molecule has 0 aromatic heterocycles. The highest BCUT2D eigenvalue weighted by Crippen LogP contribution is 2.23. The fourth-order valence-corrected chi connectivity index (χ4v) is 2.47. The second-order valence-corrected chi connectivity index (χ2v) is 5.93. The molecule has 3 aromatic rings. The standard InChI is InChI=1S/C22H20FNO/c1-16-6-5-8-21(17(16)2)24-14-19-7-3-4-9-22(19)25-15-18-10-12-20(23)13-11-18/h3-14H,15H2,1-2H3. The minimum Gasteiger partial charge on any atom is -0.488 e. The van der Waals surface area contributed by atoms with E-state index >= 15 is 0 Å². The average Bonchev–Trinajstić information content (AvgIpc) is 2.63. The number of aliphatic imine (C=N–C) groups is 1. The molecule has 0 aliphatic rings. The van der Waals surface area contributed by atoms with Crippen molar-refractivity contribution in [2.45, 2.75) is 20.5 Å². The minimum absolute atomic E-state index is 0.246. The van der Waals surface area contributed by atoms with Crippen LogP contribution in [0.3, 0.4) is 0 Å². The Kier molecular flexibility index (Phi) is 5.24. The van der Waals surface area contributed by atoms with E-state index < -0.39 is 0 Å². The summed E-state index contributed by atoms with van der Waals surface area (Å²) in [7, 11) is 0. The van der Waals surface area contributed by atoms with Crippen LogP contribution in [0.4, 0.5) is 10.1 Å². The molecule has 3 rings (SSSR count). The topological polar surface area (TPSA) is 21.6 Å². The van der Waals surface area contributed by atoms with Crippen molar-refractivity contribution in [1.82, 2.24) is 0 Å². The van der Waals surface area contributed by atoms with E-state index in [2.05, 4.69) is 24.9 Å². The first-order valence-corrected chi connectivity index (χ1v) is 8.20. The molecule has 0 N–H and O–H groups in total. The number of nitrogens with zero attached hydrogens (tertiary/aromatic N) is 1. The molecule has 3 heteroatoms. The van der Waals surface area contributed by atoms with Crippen molar-refractivity contribution in [2.24, 2.45) is 4.99 Å². The van der Waals surface area contributed by atoms with E-state index in [1.165, 1.54) is 23.3 Å². The van der Waals surface area contributed by atoms with E-state index in [0.29, 0.717) is 6.61 Å². The molecule has 0 radical (unpaired) electrons. The van der Waals surface area contributed by atoms with Crippen LogP contribution >= 0.6 is 0 Å². The Morgan fingerprint density at radius 1 is 0.920 bits per heavy atom. The molecule has 0 unspecified atom stereocenters. The monoisotopic (exact) mass is 333 g/mol. The summed E-state index contributed by atoms with van der Waals surface area (Å²) in [6, 6.07) is 20.2. The van der Waals surface area contributed by atoms with Crippen molar-refractivity contribution >= 4 is 11.9 Å². The van der Waals surface area contributed by atoms with Gasteiger partial charge in [-0.1, -0.05) is 36.4 Å². The molecule has 0 aliphatic heterocycles. The van der Waals surface area contributed by atoms with Crippen LogP contribution in [0.5, 0.6) is 5.75 Å². The number of rotatable bonds is 5. The van der Waals surface area contributed by atoms with Gasteiger partial charge >= 0.3 is 0 Å².